The van der Waals surface area contributed by atoms with E-state index in [0.29, 0.717) is 44.4 Å². The number of hydrogen-bond donors (Lipinski definition) is 2. The Hall–Kier alpha value is -2.78. The smallest absolute Gasteiger partial charge is 0.407 e. The summed E-state index contributed by atoms with van der Waals surface area (Å²) in [4.78, 5) is 45.0. The van der Waals surface area contributed by atoms with E-state index in [1.807, 2.05) is 0 Å². The summed E-state index contributed by atoms with van der Waals surface area (Å²) in [6.07, 6.45) is 5.25. The lowest BCUT2D eigenvalue weighted by Crippen LogP contribution is -2.36. The van der Waals surface area contributed by atoms with Gasteiger partial charge in [0.2, 0.25) is 0 Å². The van der Waals surface area contributed by atoms with E-state index in [1.54, 1.807) is 0 Å². The molecule has 0 spiro atoms. The molecular weight excluding hydrogens is 408 g/mol. The summed E-state index contributed by atoms with van der Waals surface area (Å²) < 4.78 is 19.6. The first-order valence-electron chi connectivity index (χ1n) is 10.6. The van der Waals surface area contributed by atoms with Gasteiger partial charge in [-0.2, -0.15) is 0 Å². The predicted octanol–water partition coefficient (Wildman–Crippen LogP) is 2.32. The minimum atomic E-state index is -0.561. The van der Waals surface area contributed by atoms with E-state index in [2.05, 4.69) is 17.2 Å². The number of ether oxygens (including phenoxy) is 4. The molecule has 1 aliphatic carbocycles. The molecule has 2 N–H and O–H groups in total. The third kappa shape index (κ3) is 14.0. The second-order valence-electron chi connectivity index (χ2n) is 7.35. The molecule has 0 aliphatic heterocycles. The van der Waals surface area contributed by atoms with Crippen LogP contribution in [0, 0.1) is 11.8 Å². The first-order valence-corrected chi connectivity index (χ1v) is 10.6. The van der Waals surface area contributed by atoms with Gasteiger partial charge in [-0.1, -0.05) is 13.0 Å². The summed E-state index contributed by atoms with van der Waals surface area (Å²) in [6, 6.07) is 0. The normalized spacial score (nSPS) is 17.7. The van der Waals surface area contributed by atoms with E-state index in [-0.39, 0.29) is 25.8 Å². The Balaban J connectivity index is 2.09. The number of carbonyl (C=O) groups excluding carboxylic acids is 4. The largest absolute Gasteiger partial charge is 0.466 e. The molecule has 0 aromatic rings. The summed E-state index contributed by atoms with van der Waals surface area (Å²) in [6.45, 7) is 6.22. The second-order valence-corrected chi connectivity index (χ2v) is 7.35. The van der Waals surface area contributed by atoms with Crippen LogP contribution in [0.4, 0.5) is 9.59 Å². The summed E-state index contributed by atoms with van der Waals surface area (Å²) in [7, 11) is 0. The van der Waals surface area contributed by atoms with Crippen LogP contribution in [0.25, 0.3) is 0 Å². The Kier molecular flexibility index (Phi) is 13.5. The second kappa shape index (κ2) is 16.0. The Bertz CT molecular complexity index is 596. The molecular formula is C21H34N2O8. The van der Waals surface area contributed by atoms with Crippen molar-refractivity contribution in [3.05, 3.63) is 12.7 Å². The number of alkyl carbamates (subject to hydrolysis) is 2. The third-order valence-corrected chi connectivity index (χ3v) is 4.77. The number of esters is 2. The van der Waals surface area contributed by atoms with Crippen LogP contribution in [0.15, 0.2) is 12.7 Å². The molecule has 176 valence electrons. The molecule has 1 fully saturated rings. The summed E-state index contributed by atoms with van der Waals surface area (Å²) in [5, 5.41) is 5.51. The Labute approximate surface area is 183 Å². The predicted molar refractivity (Wildman–Crippen MR) is 111 cm³/mol. The maximum atomic E-state index is 11.8. The van der Waals surface area contributed by atoms with Crippen molar-refractivity contribution in [3.63, 3.8) is 0 Å². The molecule has 0 saturated heterocycles. The van der Waals surface area contributed by atoms with Crippen LogP contribution in [-0.2, 0) is 28.5 Å². The average Bonchev–Trinajstić information content (AvgIpc) is 2.76. The fraction of sp³-hybridized carbons (Fsp3) is 0.714. The van der Waals surface area contributed by atoms with Crippen molar-refractivity contribution in [3.8, 4) is 0 Å². The van der Waals surface area contributed by atoms with Gasteiger partial charge in [-0.3, -0.25) is 4.79 Å². The maximum absolute atomic E-state index is 11.8. The molecule has 1 saturated carbocycles. The zero-order valence-corrected chi connectivity index (χ0v) is 18.2. The van der Waals surface area contributed by atoms with Crippen molar-refractivity contribution in [1.29, 1.82) is 0 Å². The van der Waals surface area contributed by atoms with Crippen LogP contribution in [0.3, 0.4) is 0 Å². The van der Waals surface area contributed by atoms with Gasteiger partial charge in [0.15, 0.2) is 0 Å². The number of rotatable bonds is 13. The van der Waals surface area contributed by atoms with E-state index in [0.717, 1.165) is 31.8 Å². The van der Waals surface area contributed by atoms with Gasteiger partial charge in [0.05, 0.1) is 13.2 Å². The van der Waals surface area contributed by atoms with Crippen LogP contribution in [0.5, 0.6) is 0 Å². The monoisotopic (exact) mass is 442 g/mol. The van der Waals surface area contributed by atoms with Crippen molar-refractivity contribution in [2.24, 2.45) is 11.8 Å². The topological polar surface area (TPSA) is 129 Å². The van der Waals surface area contributed by atoms with E-state index < -0.39 is 18.2 Å². The molecule has 0 aromatic carbocycles. The van der Waals surface area contributed by atoms with Gasteiger partial charge in [0, 0.05) is 26.1 Å². The highest BCUT2D eigenvalue weighted by Crippen LogP contribution is 2.28. The minimum absolute atomic E-state index is 0.0161. The van der Waals surface area contributed by atoms with Gasteiger partial charge >= 0.3 is 24.1 Å². The molecule has 2 atom stereocenters. The third-order valence-electron chi connectivity index (χ3n) is 4.77. The fourth-order valence-electron chi connectivity index (χ4n) is 3.25. The molecule has 0 bridgehead atoms. The molecule has 31 heavy (non-hydrogen) atoms. The van der Waals surface area contributed by atoms with Crippen LogP contribution in [0.1, 0.15) is 45.4 Å². The molecule has 10 nitrogen and oxygen atoms in total. The van der Waals surface area contributed by atoms with Crippen molar-refractivity contribution in [2.45, 2.75) is 45.4 Å². The summed E-state index contributed by atoms with van der Waals surface area (Å²) in [5.41, 5.74) is 0. The van der Waals surface area contributed by atoms with Gasteiger partial charge in [-0.05, 0) is 43.9 Å². The molecule has 1 rings (SSSR count). The Morgan fingerprint density at radius 2 is 1.35 bits per heavy atom. The quantitative estimate of drug-likeness (QED) is 0.192. The summed E-state index contributed by atoms with van der Waals surface area (Å²) >= 11 is 0. The standard InChI is InChI=1S/C21H34N2O8/c1-3-19(25)29-11-12-31-21(27)23-15-18-8-6-7-17(13-18)14-22-20(26)30-10-5-4-9-28-16(2)24/h3,17-18H,1,4-15H2,2H3,(H,22,26)(H,23,27). The number of hydrogen-bond acceptors (Lipinski definition) is 8. The molecule has 2 amide bonds. The zero-order valence-electron chi connectivity index (χ0n) is 18.2. The molecule has 0 aromatic heterocycles. The van der Waals surface area contributed by atoms with E-state index >= 15 is 0 Å². The van der Waals surface area contributed by atoms with Gasteiger partial charge in [0.1, 0.15) is 13.2 Å². The highest BCUT2D eigenvalue weighted by molar-refractivity contribution is 5.81. The van der Waals surface area contributed by atoms with Crippen molar-refractivity contribution >= 4 is 24.1 Å². The van der Waals surface area contributed by atoms with E-state index in [9.17, 15) is 19.2 Å². The van der Waals surface area contributed by atoms with E-state index in [1.165, 1.54) is 6.92 Å². The fourth-order valence-corrected chi connectivity index (χ4v) is 3.25. The molecule has 10 heteroatoms. The lowest BCUT2D eigenvalue weighted by atomic mass is 9.81. The van der Waals surface area contributed by atoms with Crippen LogP contribution in [0.2, 0.25) is 0 Å². The number of carbonyl (C=O) groups is 4. The molecule has 0 radical (unpaired) electrons. The highest BCUT2D eigenvalue weighted by Gasteiger charge is 2.23. The van der Waals surface area contributed by atoms with E-state index in [4.69, 9.17) is 18.9 Å². The van der Waals surface area contributed by atoms with Gasteiger partial charge in [0.25, 0.3) is 0 Å². The molecule has 2 unspecified atom stereocenters. The number of nitrogens with one attached hydrogen (secondary N) is 2. The zero-order chi connectivity index (χ0) is 22.9. The first-order chi connectivity index (χ1) is 14.9. The summed E-state index contributed by atoms with van der Waals surface area (Å²) in [5.74, 6) is -0.243. The molecule has 0 heterocycles. The Morgan fingerprint density at radius 3 is 1.90 bits per heavy atom. The van der Waals surface area contributed by atoms with Crippen molar-refractivity contribution in [1.82, 2.24) is 10.6 Å². The lowest BCUT2D eigenvalue weighted by molar-refractivity contribution is -0.141. The highest BCUT2D eigenvalue weighted by atomic mass is 16.6. The van der Waals surface area contributed by atoms with Gasteiger partial charge in [-0.15, -0.1) is 0 Å². The van der Waals surface area contributed by atoms with Crippen LogP contribution >= 0.6 is 0 Å². The Morgan fingerprint density at radius 1 is 0.839 bits per heavy atom. The van der Waals surface area contributed by atoms with Crippen molar-refractivity contribution in [2.75, 3.05) is 39.5 Å². The lowest BCUT2D eigenvalue weighted by Gasteiger charge is -2.29. The first kappa shape index (κ1) is 26.3. The van der Waals surface area contributed by atoms with Crippen LogP contribution in [-0.4, -0.2) is 63.6 Å². The maximum Gasteiger partial charge on any atom is 0.407 e. The van der Waals surface area contributed by atoms with Gasteiger partial charge in [-0.25, -0.2) is 14.4 Å². The van der Waals surface area contributed by atoms with Gasteiger partial charge < -0.3 is 29.6 Å². The number of amides is 2. The minimum Gasteiger partial charge on any atom is -0.466 e. The number of unbranched alkanes of at least 4 members (excludes halogenated alkanes) is 1. The van der Waals surface area contributed by atoms with Crippen molar-refractivity contribution < 1.29 is 38.1 Å². The molecule has 1 aliphatic rings. The SMILES string of the molecule is C=CC(=O)OCCOC(=O)NCC1CCCC(CNC(=O)OCCCCOC(C)=O)C1. The average molecular weight is 443 g/mol. The van der Waals surface area contributed by atoms with Crippen LogP contribution < -0.4 is 10.6 Å².